The summed E-state index contributed by atoms with van der Waals surface area (Å²) in [6.45, 7) is 7.88. The van der Waals surface area contributed by atoms with E-state index in [1.165, 1.54) is 0 Å². The van der Waals surface area contributed by atoms with Gasteiger partial charge in [0, 0.05) is 17.1 Å². The largest absolute Gasteiger partial charge is 0.481 e. The van der Waals surface area contributed by atoms with Crippen LogP contribution in [0.4, 0.5) is 0 Å². The maximum absolute atomic E-state index is 12.6. The van der Waals surface area contributed by atoms with Gasteiger partial charge in [-0.05, 0) is 51.5 Å². The molecule has 0 aliphatic rings. The van der Waals surface area contributed by atoms with Gasteiger partial charge in [-0.15, -0.1) is 6.42 Å². The second-order valence-electron chi connectivity index (χ2n) is 6.60. The molecule has 27 heavy (non-hydrogen) atoms. The number of hydrogen-bond acceptors (Lipinski definition) is 5. The van der Waals surface area contributed by atoms with Crippen molar-refractivity contribution in [3.63, 3.8) is 0 Å². The molecule has 0 aliphatic carbocycles. The number of aromatic nitrogens is 1. The van der Waals surface area contributed by atoms with Gasteiger partial charge in [-0.1, -0.05) is 18.0 Å². The number of carbonyl (C=O) groups excluding carboxylic acids is 1. The predicted molar refractivity (Wildman–Crippen MR) is 107 cm³/mol. The summed E-state index contributed by atoms with van der Waals surface area (Å²) >= 11 is 0. The third kappa shape index (κ3) is 5.71. The van der Waals surface area contributed by atoms with Crippen molar-refractivity contribution in [1.29, 1.82) is 0 Å². The maximum atomic E-state index is 12.6. The Balaban J connectivity index is 2.12. The first kappa shape index (κ1) is 20.2. The predicted octanol–water partition coefficient (Wildman–Crippen LogP) is 3.29. The SMILES string of the molecule is C#Cc1cnc2ccc(OC(CC)C(=O)NC(C)(C)/C=N\OCC)cc2c1. The molecule has 0 fully saturated rings. The number of pyridine rings is 1. The van der Waals surface area contributed by atoms with E-state index in [4.69, 9.17) is 16.0 Å². The van der Waals surface area contributed by atoms with Crippen LogP contribution in [0.5, 0.6) is 5.75 Å². The lowest BCUT2D eigenvalue weighted by molar-refractivity contribution is -0.129. The average Bonchev–Trinajstić information content (AvgIpc) is 2.65. The van der Waals surface area contributed by atoms with Gasteiger partial charge >= 0.3 is 0 Å². The van der Waals surface area contributed by atoms with Crippen LogP contribution in [0.25, 0.3) is 10.9 Å². The highest BCUT2D eigenvalue weighted by Crippen LogP contribution is 2.22. The Morgan fingerprint density at radius 1 is 1.41 bits per heavy atom. The molecule has 0 spiro atoms. The molecule has 0 aliphatic heterocycles. The summed E-state index contributed by atoms with van der Waals surface area (Å²) in [4.78, 5) is 21.9. The van der Waals surface area contributed by atoms with Crippen molar-refractivity contribution in [2.45, 2.75) is 45.8 Å². The molecular formula is C21H25N3O3. The van der Waals surface area contributed by atoms with E-state index in [2.05, 4.69) is 21.4 Å². The number of nitrogens with zero attached hydrogens (tertiary/aromatic N) is 2. The van der Waals surface area contributed by atoms with E-state index in [0.717, 1.165) is 10.9 Å². The van der Waals surface area contributed by atoms with Crippen LogP contribution in [0.1, 0.15) is 39.7 Å². The molecule has 0 saturated heterocycles. The highest BCUT2D eigenvalue weighted by Gasteiger charge is 2.25. The molecule has 6 nitrogen and oxygen atoms in total. The Kier molecular flexibility index (Phi) is 6.78. The quantitative estimate of drug-likeness (QED) is 0.441. The fourth-order valence-corrected chi connectivity index (χ4v) is 2.42. The zero-order valence-corrected chi connectivity index (χ0v) is 16.2. The van der Waals surface area contributed by atoms with Crippen LogP contribution < -0.4 is 10.1 Å². The highest BCUT2D eigenvalue weighted by atomic mass is 16.6. The van der Waals surface area contributed by atoms with Crippen LogP contribution in [0.2, 0.25) is 0 Å². The summed E-state index contributed by atoms with van der Waals surface area (Å²) in [5.74, 6) is 2.93. The molecule has 1 amide bonds. The number of fused-ring (bicyclic) bond motifs is 1. The fraction of sp³-hybridized carbons (Fsp3) is 0.381. The zero-order chi connectivity index (χ0) is 19.9. The Bertz CT molecular complexity index is 869. The maximum Gasteiger partial charge on any atom is 0.261 e. The lowest BCUT2D eigenvalue weighted by Gasteiger charge is -2.25. The Morgan fingerprint density at radius 3 is 2.85 bits per heavy atom. The van der Waals surface area contributed by atoms with Gasteiger partial charge in [-0.3, -0.25) is 9.78 Å². The molecule has 2 rings (SSSR count). The van der Waals surface area contributed by atoms with Gasteiger partial charge in [0.25, 0.3) is 5.91 Å². The second-order valence-corrected chi connectivity index (χ2v) is 6.60. The van der Waals surface area contributed by atoms with Crippen LogP contribution >= 0.6 is 0 Å². The van der Waals surface area contributed by atoms with E-state index >= 15 is 0 Å². The molecule has 2 aromatic rings. The van der Waals surface area contributed by atoms with E-state index in [-0.39, 0.29) is 5.91 Å². The van der Waals surface area contributed by atoms with Crippen molar-refractivity contribution in [2.75, 3.05) is 6.61 Å². The van der Waals surface area contributed by atoms with E-state index in [1.54, 1.807) is 18.5 Å². The number of amides is 1. The molecule has 1 aromatic heterocycles. The topological polar surface area (TPSA) is 72.8 Å². The van der Waals surface area contributed by atoms with Crippen LogP contribution in [-0.2, 0) is 9.63 Å². The van der Waals surface area contributed by atoms with Crippen molar-refractivity contribution in [1.82, 2.24) is 10.3 Å². The number of oxime groups is 1. The summed E-state index contributed by atoms with van der Waals surface area (Å²) in [6.07, 6.45) is 8.52. The average molecular weight is 367 g/mol. The van der Waals surface area contributed by atoms with Crippen molar-refractivity contribution < 1.29 is 14.4 Å². The van der Waals surface area contributed by atoms with Crippen molar-refractivity contribution in [3.05, 3.63) is 36.0 Å². The van der Waals surface area contributed by atoms with Gasteiger partial charge in [0.1, 0.15) is 12.4 Å². The van der Waals surface area contributed by atoms with E-state index in [1.807, 2.05) is 45.9 Å². The zero-order valence-electron chi connectivity index (χ0n) is 16.2. The molecule has 142 valence electrons. The van der Waals surface area contributed by atoms with Crippen molar-refractivity contribution >= 4 is 23.0 Å². The lowest BCUT2D eigenvalue weighted by atomic mass is 10.1. The molecule has 6 heteroatoms. The number of nitrogens with one attached hydrogen (secondary N) is 1. The second kappa shape index (κ2) is 9.04. The summed E-state index contributed by atoms with van der Waals surface area (Å²) < 4.78 is 5.91. The first-order valence-electron chi connectivity index (χ1n) is 8.90. The Morgan fingerprint density at radius 2 is 2.19 bits per heavy atom. The summed E-state index contributed by atoms with van der Waals surface area (Å²) in [7, 11) is 0. The number of benzene rings is 1. The lowest BCUT2D eigenvalue weighted by Crippen LogP contribution is -2.50. The van der Waals surface area contributed by atoms with E-state index < -0.39 is 11.6 Å². The minimum absolute atomic E-state index is 0.221. The molecule has 0 radical (unpaired) electrons. The fourth-order valence-electron chi connectivity index (χ4n) is 2.42. The van der Waals surface area contributed by atoms with Gasteiger partial charge in [0.2, 0.25) is 0 Å². The molecule has 0 bridgehead atoms. The van der Waals surface area contributed by atoms with Gasteiger partial charge in [0.15, 0.2) is 6.10 Å². The Labute approximate surface area is 159 Å². The number of ether oxygens (including phenoxy) is 1. The summed E-state index contributed by atoms with van der Waals surface area (Å²) in [5.41, 5.74) is 0.852. The first-order valence-corrected chi connectivity index (χ1v) is 8.90. The number of carbonyl (C=O) groups is 1. The number of rotatable bonds is 8. The van der Waals surface area contributed by atoms with Gasteiger partial charge in [-0.25, -0.2) is 0 Å². The summed E-state index contributed by atoms with van der Waals surface area (Å²) in [6, 6.07) is 7.33. The van der Waals surface area contributed by atoms with Crippen LogP contribution in [0.15, 0.2) is 35.6 Å². The van der Waals surface area contributed by atoms with Gasteiger partial charge < -0.3 is 14.9 Å². The van der Waals surface area contributed by atoms with Gasteiger partial charge in [0.05, 0.1) is 17.3 Å². The van der Waals surface area contributed by atoms with E-state index in [9.17, 15) is 4.79 Å². The third-order valence-corrected chi connectivity index (χ3v) is 3.79. The monoisotopic (exact) mass is 367 g/mol. The van der Waals surface area contributed by atoms with Gasteiger partial charge in [-0.2, -0.15) is 0 Å². The van der Waals surface area contributed by atoms with Crippen molar-refractivity contribution in [2.24, 2.45) is 5.16 Å². The smallest absolute Gasteiger partial charge is 0.261 e. The molecule has 1 unspecified atom stereocenters. The highest BCUT2D eigenvalue weighted by molar-refractivity contribution is 5.86. The molecule has 1 N–H and O–H groups in total. The Hall–Kier alpha value is -3.07. The third-order valence-electron chi connectivity index (χ3n) is 3.79. The summed E-state index contributed by atoms with van der Waals surface area (Å²) in [5, 5.41) is 7.60. The van der Waals surface area contributed by atoms with E-state index in [0.29, 0.717) is 24.3 Å². The molecule has 0 saturated carbocycles. The molecular weight excluding hydrogens is 342 g/mol. The van der Waals surface area contributed by atoms with Crippen LogP contribution in [0.3, 0.4) is 0 Å². The number of hydrogen-bond donors (Lipinski definition) is 1. The normalized spacial score (nSPS) is 12.6. The minimum Gasteiger partial charge on any atom is -0.481 e. The number of terminal acetylenes is 1. The van der Waals surface area contributed by atoms with Crippen LogP contribution in [-0.4, -0.2) is 35.4 Å². The minimum atomic E-state index is -0.655. The molecule has 1 atom stereocenters. The first-order chi connectivity index (χ1) is 12.9. The van der Waals surface area contributed by atoms with Crippen molar-refractivity contribution in [3.8, 4) is 18.1 Å². The van der Waals surface area contributed by atoms with Crippen LogP contribution in [0, 0.1) is 12.3 Å². The molecule has 1 heterocycles. The molecule has 1 aromatic carbocycles. The standard InChI is InChI=1S/C21H25N3O3/c1-6-15-11-16-12-17(9-10-18(16)22-13-15)27-19(7-2)20(25)24-21(4,5)14-23-26-8-3/h1,9-14,19H,7-8H2,2-5H3,(H,24,25)/b23-14-.